The lowest BCUT2D eigenvalue weighted by atomic mass is 9.87. The zero-order valence-electron chi connectivity index (χ0n) is 18.7. The molecule has 0 unspecified atom stereocenters. The molecule has 0 radical (unpaired) electrons. The second-order valence-electron chi connectivity index (χ2n) is 8.52. The Balaban J connectivity index is 1.42. The topological polar surface area (TPSA) is 81.2 Å². The number of primary amides is 1. The van der Waals surface area contributed by atoms with Gasteiger partial charge in [0.1, 0.15) is 6.54 Å². The molecule has 1 aliphatic rings. The molecule has 2 amide bonds. The van der Waals surface area contributed by atoms with E-state index in [2.05, 4.69) is 11.2 Å². The number of carbonyl (C=O) groups is 2. The van der Waals surface area contributed by atoms with E-state index in [1.54, 1.807) is 17.0 Å². The molecule has 1 aromatic heterocycles. The Morgan fingerprint density at radius 3 is 2.41 bits per heavy atom. The number of aromatic nitrogens is 2. The number of hydrogen-bond acceptors (Lipinski definition) is 3. The summed E-state index contributed by atoms with van der Waals surface area (Å²) in [4.78, 5) is 26.2. The van der Waals surface area contributed by atoms with E-state index in [1.807, 2.05) is 30.3 Å². The summed E-state index contributed by atoms with van der Waals surface area (Å²) in [6.45, 7) is 2.31. The first kappa shape index (κ1) is 23.5. The molecule has 9 heteroatoms. The summed E-state index contributed by atoms with van der Waals surface area (Å²) in [7, 11) is 0. The molecule has 6 nitrogen and oxygen atoms in total. The van der Waals surface area contributed by atoms with Crippen molar-refractivity contribution in [1.29, 1.82) is 0 Å². The maximum absolute atomic E-state index is 12.9. The standard InChI is InChI=1S/C25H25F3N4O2/c1-16-13-22(25(26,27)28)30-32(16)15-23(33)31-11-9-17(10-12-31)18-5-4-6-19(14-18)20-7-2-3-8-21(20)24(29)34/h2-8,13-14,17H,9-12,15H2,1H3,(H2,29,34). The fraction of sp³-hybridized carbons (Fsp3) is 0.320. The summed E-state index contributed by atoms with van der Waals surface area (Å²) in [5.41, 5.74) is 8.08. The third-order valence-corrected chi connectivity index (χ3v) is 6.27. The maximum atomic E-state index is 12.9. The Morgan fingerprint density at radius 1 is 1.06 bits per heavy atom. The molecule has 0 bridgehead atoms. The minimum absolute atomic E-state index is 0.216. The third kappa shape index (κ3) is 4.98. The molecule has 0 aliphatic carbocycles. The molecule has 1 fully saturated rings. The highest BCUT2D eigenvalue weighted by Crippen LogP contribution is 2.32. The number of amides is 2. The predicted molar refractivity (Wildman–Crippen MR) is 121 cm³/mol. The Labute approximate surface area is 195 Å². The SMILES string of the molecule is Cc1cc(C(F)(F)F)nn1CC(=O)N1CCC(c2cccc(-c3ccccc3C(N)=O)c2)CC1. The van der Waals surface area contributed by atoms with E-state index in [0.29, 0.717) is 24.3 Å². The van der Waals surface area contributed by atoms with E-state index in [4.69, 9.17) is 5.73 Å². The van der Waals surface area contributed by atoms with E-state index in [-0.39, 0.29) is 18.4 Å². The molecule has 0 saturated carbocycles. The summed E-state index contributed by atoms with van der Waals surface area (Å²) in [5, 5.41) is 3.55. The molecule has 2 heterocycles. The van der Waals surface area contributed by atoms with Crippen LogP contribution in [-0.2, 0) is 17.5 Å². The lowest BCUT2D eigenvalue weighted by Gasteiger charge is -2.32. The second kappa shape index (κ2) is 9.32. The molecule has 2 N–H and O–H groups in total. The molecule has 1 aliphatic heterocycles. The van der Waals surface area contributed by atoms with Gasteiger partial charge in [0.25, 0.3) is 0 Å². The summed E-state index contributed by atoms with van der Waals surface area (Å²) >= 11 is 0. The minimum Gasteiger partial charge on any atom is -0.366 e. The first-order chi connectivity index (χ1) is 16.1. The summed E-state index contributed by atoms with van der Waals surface area (Å²) in [6.07, 6.45) is -3.07. The number of likely N-dealkylation sites (tertiary alicyclic amines) is 1. The molecule has 0 atom stereocenters. The molecular weight excluding hydrogens is 445 g/mol. The zero-order chi connectivity index (χ0) is 24.5. The molecule has 3 aromatic rings. The van der Waals surface area contributed by atoms with E-state index in [0.717, 1.165) is 40.3 Å². The number of hydrogen-bond donors (Lipinski definition) is 1. The van der Waals surface area contributed by atoms with Crippen molar-refractivity contribution in [2.24, 2.45) is 5.73 Å². The van der Waals surface area contributed by atoms with Gasteiger partial charge in [-0.15, -0.1) is 0 Å². The molecule has 34 heavy (non-hydrogen) atoms. The number of aryl methyl sites for hydroxylation is 1. The maximum Gasteiger partial charge on any atom is 0.435 e. The first-order valence-corrected chi connectivity index (χ1v) is 11.0. The molecule has 4 rings (SSSR count). The van der Waals surface area contributed by atoms with Gasteiger partial charge in [0.05, 0.1) is 0 Å². The first-order valence-electron chi connectivity index (χ1n) is 11.0. The molecule has 2 aromatic carbocycles. The number of benzene rings is 2. The summed E-state index contributed by atoms with van der Waals surface area (Å²) in [5.74, 6) is -0.502. The number of halogens is 3. The lowest BCUT2D eigenvalue weighted by Crippen LogP contribution is -2.40. The lowest BCUT2D eigenvalue weighted by molar-refractivity contribution is -0.142. The van der Waals surface area contributed by atoms with Gasteiger partial charge in [-0.3, -0.25) is 14.3 Å². The van der Waals surface area contributed by atoms with Gasteiger partial charge in [-0.2, -0.15) is 18.3 Å². The van der Waals surface area contributed by atoms with Gasteiger partial charge in [-0.1, -0.05) is 42.5 Å². The molecule has 0 spiro atoms. The smallest absolute Gasteiger partial charge is 0.366 e. The van der Waals surface area contributed by atoms with Crippen molar-refractivity contribution in [3.63, 3.8) is 0 Å². The van der Waals surface area contributed by atoms with Crippen molar-refractivity contribution >= 4 is 11.8 Å². The fourth-order valence-corrected chi connectivity index (χ4v) is 4.41. The van der Waals surface area contributed by atoms with Crippen molar-refractivity contribution < 1.29 is 22.8 Å². The van der Waals surface area contributed by atoms with Gasteiger partial charge in [-0.05, 0) is 54.5 Å². The van der Waals surface area contributed by atoms with E-state index >= 15 is 0 Å². The number of nitrogens with two attached hydrogens (primary N) is 1. The monoisotopic (exact) mass is 470 g/mol. The highest BCUT2D eigenvalue weighted by Gasteiger charge is 2.35. The van der Waals surface area contributed by atoms with Crippen LogP contribution in [0.5, 0.6) is 0 Å². The number of rotatable bonds is 5. The Morgan fingerprint density at radius 2 is 1.76 bits per heavy atom. The van der Waals surface area contributed by atoms with Crippen LogP contribution in [0.4, 0.5) is 13.2 Å². The van der Waals surface area contributed by atoms with Crippen molar-refractivity contribution in [3.8, 4) is 11.1 Å². The van der Waals surface area contributed by atoms with Crippen LogP contribution >= 0.6 is 0 Å². The number of alkyl halides is 3. The molecule has 178 valence electrons. The largest absolute Gasteiger partial charge is 0.435 e. The highest BCUT2D eigenvalue weighted by molar-refractivity contribution is 5.99. The van der Waals surface area contributed by atoms with Crippen LogP contribution in [0.15, 0.2) is 54.6 Å². The quantitative estimate of drug-likeness (QED) is 0.601. The third-order valence-electron chi connectivity index (χ3n) is 6.27. The predicted octanol–water partition coefficient (Wildman–Crippen LogP) is 4.38. The Kier molecular flexibility index (Phi) is 6.45. The number of nitrogens with zero attached hydrogens (tertiary/aromatic N) is 3. The average Bonchev–Trinajstić information content (AvgIpc) is 3.20. The van der Waals surface area contributed by atoms with Crippen LogP contribution in [0, 0.1) is 6.92 Å². The van der Waals surface area contributed by atoms with Gasteiger partial charge in [0.15, 0.2) is 5.69 Å². The van der Waals surface area contributed by atoms with Gasteiger partial charge in [0, 0.05) is 24.3 Å². The van der Waals surface area contributed by atoms with Crippen LogP contribution in [0.3, 0.4) is 0 Å². The zero-order valence-corrected chi connectivity index (χ0v) is 18.7. The number of piperidine rings is 1. The van der Waals surface area contributed by atoms with E-state index in [1.165, 1.54) is 6.92 Å². The highest BCUT2D eigenvalue weighted by atomic mass is 19.4. The Bertz CT molecular complexity index is 1210. The van der Waals surface area contributed by atoms with Crippen LogP contribution < -0.4 is 5.73 Å². The van der Waals surface area contributed by atoms with Gasteiger partial charge in [-0.25, -0.2) is 0 Å². The van der Waals surface area contributed by atoms with Gasteiger partial charge in [0.2, 0.25) is 11.8 Å². The van der Waals surface area contributed by atoms with Crippen LogP contribution in [0.25, 0.3) is 11.1 Å². The fourth-order valence-electron chi connectivity index (χ4n) is 4.41. The van der Waals surface area contributed by atoms with E-state index < -0.39 is 17.8 Å². The van der Waals surface area contributed by atoms with Crippen molar-refractivity contribution in [2.75, 3.05) is 13.1 Å². The molecule has 1 saturated heterocycles. The van der Waals surface area contributed by atoms with Crippen LogP contribution in [-0.4, -0.2) is 39.6 Å². The van der Waals surface area contributed by atoms with E-state index in [9.17, 15) is 22.8 Å². The van der Waals surface area contributed by atoms with Crippen molar-refractivity contribution in [1.82, 2.24) is 14.7 Å². The second-order valence-corrected chi connectivity index (χ2v) is 8.52. The van der Waals surface area contributed by atoms with Gasteiger partial charge < -0.3 is 10.6 Å². The van der Waals surface area contributed by atoms with Crippen LogP contribution in [0.2, 0.25) is 0 Å². The summed E-state index contributed by atoms with van der Waals surface area (Å²) in [6, 6.07) is 16.1. The van der Waals surface area contributed by atoms with Crippen LogP contribution in [0.1, 0.15) is 46.1 Å². The molecular formula is C25H25F3N4O2. The normalized spacial score (nSPS) is 14.9. The Hall–Kier alpha value is -3.62. The van der Waals surface area contributed by atoms with Gasteiger partial charge >= 0.3 is 6.18 Å². The summed E-state index contributed by atoms with van der Waals surface area (Å²) < 4.78 is 39.8. The van der Waals surface area contributed by atoms with Crippen molar-refractivity contribution in [2.45, 2.75) is 38.4 Å². The van der Waals surface area contributed by atoms with Crippen molar-refractivity contribution in [3.05, 3.63) is 77.1 Å². The minimum atomic E-state index is -4.54. The number of carbonyl (C=O) groups excluding carboxylic acids is 2. The average molecular weight is 470 g/mol.